The van der Waals surface area contributed by atoms with Crippen LogP contribution in [0, 0.1) is 0 Å². The van der Waals surface area contributed by atoms with Gasteiger partial charge in [-0.25, -0.2) is 4.79 Å². The summed E-state index contributed by atoms with van der Waals surface area (Å²) in [5.74, 6) is -0.547. The van der Waals surface area contributed by atoms with Gasteiger partial charge in [-0.05, 0) is 24.9 Å². The minimum atomic E-state index is -0.641. The van der Waals surface area contributed by atoms with Crippen LogP contribution in [-0.4, -0.2) is 37.6 Å². The molecule has 1 aromatic rings. The van der Waals surface area contributed by atoms with Crippen LogP contribution in [0.15, 0.2) is 30.3 Å². The molecule has 5 nitrogen and oxygen atoms in total. The second-order valence-corrected chi connectivity index (χ2v) is 4.92. The Morgan fingerprint density at radius 3 is 2.75 bits per heavy atom. The number of amides is 1. The number of benzene rings is 1. The van der Waals surface area contributed by atoms with E-state index in [1.54, 1.807) is 0 Å². The molecule has 0 aromatic heterocycles. The van der Waals surface area contributed by atoms with Crippen LogP contribution in [0.4, 0.5) is 0 Å². The molecular formula is C15H20N2O3. The zero-order valence-corrected chi connectivity index (χ0v) is 11.6. The van der Waals surface area contributed by atoms with Crippen LogP contribution in [0.5, 0.6) is 0 Å². The van der Waals surface area contributed by atoms with Crippen molar-refractivity contribution in [3.05, 3.63) is 35.9 Å². The SMILES string of the molecule is COC(=O)C(Cc1ccccc1)NC(=O)C1CCCN1. The van der Waals surface area contributed by atoms with Gasteiger partial charge in [0.15, 0.2) is 0 Å². The molecule has 0 radical (unpaired) electrons. The summed E-state index contributed by atoms with van der Waals surface area (Å²) in [6.07, 6.45) is 2.23. The molecule has 0 saturated carbocycles. The number of carbonyl (C=O) groups excluding carboxylic acids is 2. The fraction of sp³-hybridized carbons (Fsp3) is 0.467. The maximum atomic E-state index is 12.1. The Bertz CT molecular complexity index is 455. The number of ether oxygens (including phenoxy) is 1. The third kappa shape index (κ3) is 3.81. The molecule has 2 rings (SSSR count). The number of hydrogen-bond acceptors (Lipinski definition) is 4. The van der Waals surface area contributed by atoms with Crippen molar-refractivity contribution < 1.29 is 14.3 Å². The topological polar surface area (TPSA) is 67.4 Å². The van der Waals surface area contributed by atoms with Crippen LogP contribution in [0.25, 0.3) is 0 Å². The number of nitrogens with one attached hydrogen (secondary N) is 2. The van der Waals surface area contributed by atoms with Crippen molar-refractivity contribution in [2.75, 3.05) is 13.7 Å². The third-order valence-corrected chi connectivity index (χ3v) is 3.46. The number of carbonyl (C=O) groups is 2. The van der Waals surface area contributed by atoms with Crippen LogP contribution in [0.1, 0.15) is 18.4 Å². The lowest BCUT2D eigenvalue weighted by Gasteiger charge is -2.19. The summed E-state index contributed by atoms with van der Waals surface area (Å²) in [6.45, 7) is 0.847. The van der Waals surface area contributed by atoms with Crippen LogP contribution in [-0.2, 0) is 20.7 Å². The minimum absolute atomic E-state index is 0.131. The van der Waals surface area contributed by atoms with Crippen molar-refractivity contribution >= 4 is 11.9 Å². The van der Waals surface area contributed by atoms with E-state index in [0.29, 0.717) is 6.42 Å². The van der Waals surface area contributed by atoms with E-state index < -0.39 is 12.0 Å². The molecule has 2 atom stereocenters. The average molecular weight is 276 g/mol. The fourth-order valence-corrected chi connectivity index (χ4v) is 2.37. The molecule has 2 unspecified atom stereocenters. The van der Waals surface area contributed by atoms with Crippen LogP contribution >= 0.6 is 0 Å². The summed E-state index contributed by atoms with van der Waals surface area (Å²) in [5, 5.41) is 5.90. The van der Waals surface area contributed by atoms with Crippen LogP contribution < -0.4 is 10.6 Å². The highest BCUT2D eigenvalue weighted by atomic mass is 16.5. The Kier molecular flexibility index (Phi) is 5.12. The molecule has 0 bridgehead atoms. The normalized spacial score (nSPS) is 19.4. The highest BCUT2D eigenvalue weighted by Gasteiger charge is 2.27. The molecular weight excluding hydrogens is 256 g/mol. The van der Waals surface area contributed by atoms with E-state index in [4.69, 9.17) is 4.74 Å². The van der Waals surface area contributed by atoms with Crippen LogP contribution in [0.2, 0.25) is 0 Å². The highest BCUT2D eigenvalue weighted by Crippen LogP contribution is 2.08. The zero-order chi connectivity index (χ0) is 14.4. The van der Waals surface area contributed by atoms with Crippen molar-refractivity contribution in [2.45, 2.75) is 31.3 Å². The molecule has 1 amide bonds. The van der Waals surface area contributed by atoms with Gasteiger partial charge in [-0.2, -0.15) is 0 Å². The molecule has 20 heavy (non-hydrogen) atoms. The lowest BCUT2D eigenvalue weighted by Crippen LogP contribution is -2.49. The maximum absolute atomic E-state index is 12.1. The van der Waals surface area contributed by atoms with Crippen molar-refractivity contribution in [2.24, 2.45) is 0 Å². The van der Waals surface area contributed by atoms with Crippen molar-refractivity contribution in [1.82, 2.24) is 10.6 Å². The molecule has 1 fully saturated rings. The summed E-state index contributed by atoms with van der Waals surface area (Å²) in [7, 11) is 1.33. The zero-order valence-electron chi connectivity index (χ0n) is 11.6. The van der Waals surface area contributed by atoms with Crippen LogP contribution in [0.3, 0.4) is 0 Å². The molecule has 0 spiro atoms. The van der Waals surface area contributed by atoms with Gasteiger partial charge in [-0.3, -0.25) is 4.79 Å². The van der Waals surface area contributed by atoms with Gasteiger partial charge >= 0.3 is 5.97 Å². The Morgan fingerprint density at radius 1 is 1.40 bits per heavy atom. The molecule has 0 aliphatic carbocycles. The van der Waals surface area contributed by atoms with Gasteiger partial charge < -0.3 is 15.4 Å². The van der Waals surface area contributed by atoms with Gasteiger partial charge in [0.05, 0.1) is 13.2 Å². The standard InChI is InChI=1S/C15H20N2O3/c1-20-15(19)13(10-11-6-3-2-4-7-11)17-14(18)12-8-5-9-16-12/h2-4,6-7,12-13,16H,5,8-10H2,1H3,(H,17,18). The van der Waals surface area contributed by atoms with Crippen molar-refractivity contribution in [3.63, 3.8) is 0 Å². The first-order valence-corrected chi connectivity index (χ1v) is 6.86. The maximum Gasteiger partial charge on any atom is 0.328 e. The summed E-state index contributed by atoms with van der Waals surface area (Å²) in [6, 6.07) is 8.74. The summed E-state index contributed by atoms with van der Waals surface area (Å²) in [4.78, 5) is 23.9. The fourth-order valence-electron chi connectivity index (χ4n) is 2.37. The first-order chi connectivity index (χ1) is 9.70. The second-order valence-electron chi connectivity index (χ2n) is 4.92. The number of hydrogen-bond donors (Lipinski definition) is 2. The molecule has 1 aliphatic rings. The monoisotopic (exact) mass is 276 g/mol. The van der Waals surface area contributed by atoms with E-state index in [1.165, 1.54) is 7.11 Å². The molecule has 1 heterocycles. The predicted molar refractivity (Wildman–Crippen MR) is 75.1 cm³/mol. The smallest absolute Gasteiger partial charge is 0.328 e. The van der Waals surface area contributed by atoms with Gasteiger partial charge in [0, 0.05) is 6.42 Å². The molecule has 1 saturated heterocycles. The lowest BCUT2D eigenvalue weighted by molar-refractivity contribution is -0.145. The second kappa shape index (κ2) is 7.05. The van der Waals surface area contributed by atoms with Gasteiger partial charge in [0.1, 0.15) is 6.04 Å². The van der Waals surface area contributed by atoms with Crippen molar-refractivity contribution in [1.29, 1.82) is 0 Å². The largest absolute Gasteiger partial charge is 0.467 e. The first-order valence-electron chi connectivity index (χ1n) is 6.86. The summed E-state index contributed by atoms with van der Waals surface area (Å²) in [5.41, 5.74) is 0.989. The minimum Gasteiger partial charge on any atom is -0.467 e. The van der Waals surface area contributed by atoms with Gasteiger partial charge in [-0.1, -0.05) is 30.3 Å². The number of rotatable bonds is 5. The van der Waals surface area contributed by atoms with E-state index >= 15 is 0 Å². The van der Waals surface area contributed by atoms with Gasteiger partial charge in [-0.15, -0.1) is 0 Å². The van der Waals surface area contributed by atoms with E-state index in [-0.39, 0.29) is 11.9 Å². The Hall–Kier alpha value is -1.88. The first kappa shape index (κ1) is 14.5. The Morgan fingerprint density at radius 2 is 2.15 bits per heavy atom. The van der Waals surface area contributed by atoms with E-state index in [9.17, 15) is 9.59 Å². The quantitative estimate of drug-likeness (QED) is 0.775. The van der Waals surface area contributed by atoms with E-state index in [1.807, 2.05) is 30.3 Å². The lowest BCUT2D eigenvalue weighted by atomic mass is 10.1. The average Bonchev–Trinajstić information content (AvgIpc) is 3.01. The molecule has 2 N–H and O–H groups in total. The number of methoxy groups -OCH3 is 1. The summed E-state index contributed by atoms with van der Waals surface area (Å²) >= 11 is 0. The molecule has 108 valence electrons. The Balaban J connectivity index is 2.00. The van der Waals surface area contributed by atoms with Crippen molar-refractivity contribution in [3.8, 4) is 0 Å². The van der Waals surface area contributed by atoms with Gasteiger partial charge in [0.25, 0.3) is 0 Å². The Labute approximate surface area is 118 Å². The highest BCUT2D eigenvalue weighted by molar-refractivity contribution is 5.87. The predicted octanol–water partition coefficient (Wildman–Crippen LogP) is 0.639. The van der Waals surface area contributed by atoms with E-state index in [0.717, 1.165) is 24.9 Å². The number of esters is 1. The molecule has 5 heteroatoms. The summed E-state index contributed by atoms with van der Waals surface area (Å²) < 4.78 is 4.77. The van der Waals surface area contributed by atoms with Gasteiger partial charge in [0.2, 0.25) is 5.91 Å². The van der Waals surface area contributed by atoms with E-state index in [2.05, 4.69) is 10.6 Å². The third-order valence-electron chi connectivity index (χ3n) is 3.46. The molecule has 1 aromatic carbocycles. The molecule has 1 aliphatic heterocycles.